The molecule has 6 heteroatoms. The van der Waals surface area contributed by atoms with Gasteiger partial charge in [0, 0.05) is 24.0 Å². The maximum atomic E-state index is 11.6. The molecule has 2 rings (SSSR count). The Balaban J connectivity index is 1.95. The average Bonchev–Trinajstić information content (AvgIpc) is 3.09. The van der Waals surface area contributed by atoms with Gasteiger partial charge in [-0.2, -0.15) is 0 Å². The number of allylic oxidation sites excluding steroid dienone is 1. The van der Waals surface area contributed by atoms with E-state index in [0.29, 0.717) is 23.9 Å². The smallest absolute Gasteiger partial charge is 0.335 e. The molecule has 1 aromatic carbocycles. The molecule has 0 bridgehead atoms. The van der Waals surface area contributed by atoms with Crippen molar-refractivity contribution in [3.05, 3.63) is 39.5 Å². The lowest BCUT2D eigenvalue weighted by Gasteiger charge is -2.20. The Labute approximate surface area is 176 Å². The van der Waals surface area contributed by atoms with E-state index in [1.165, 1.54) is 26.5 Å². The van der Waals surface area contributed by atoms with Gasteiger partial charge in [-0.25, -0.2) is 4.79 Å². The predicted molar refractivity (Wildman–Crippen MR) is 117 cm³/mol. The number of halogens is 1. The van der Waals surface area contributed by atoms with Crippen LogP contribution in [0.5, 0.6) is 5.75 Å². The van der Waals surface area contributed by atoms with Crippen molar-refractivity contribution in [3.63, 3.8) is 0 Å². The number of likely N-dealkylation sites (tertiary alicyclic amines) is 1. The summed E-state index contributed by atoms with van der Waals surface area (Å²) in [7, 11) is 1.37. The van der Waals surface area contributed by atoms with Gasteiger partial charge in [-0.3, -0.25) is 4.99 Å². The van der Waals surface area contributed by atoms with Gasteiger partial charge in [-0.05, 0) is 93.2 Å². The lowest BCUT2D eigenvalue weighted by molar-refractivity contribution is -0.136. The Bertz CT molecular complexity index is 758. The molecule has 0 aromatic heterocycles. The van der Waals surface area contributed by atoms with Crippen LogP contribution >= 0.6 is 15.9 Å². The average molecular weight is 451 g/mol. The summed E-state index contributed by atoms with van der Waals surface area (Å²) in [6, 6.07) is 6.65. The van der Waals surface area contributed by atoms with Crippen molar-refractivity contribution in [2.45, 2.75) is 53.0 Å². The van der Waals surface area contributed by atoms with Crippen LogP contribution < -0.4 is 4.74 Å². The number of benzene rings is 1. The van der Waals surface area contributed by atoms with Crippen LogP contribution in [0.15, 0.2) is 38.9 Å². The zero-order chi connectivity index (χ0) is 20.7. The van der Waals surface area contributed by atoms with Gasteiger partial charge >= 0.3 is 5.97 Å². The van der Waals surface area contributed by atoms with E-state index in [1.807, 2.05) is 32.0 Å². The van der Waals surface area contributed by atoms with Crippen LogP contribution in [0.4, 0.5) is 0 Å². The minimum Gasteiger partial charge on any atom is -0.492 e. The third kappa shape index (κ3) is 6.17. The van der Waals surface area contributed by atoms with Crippen LogP contribution in [-0.4, -0.2) is 49.4 Å². The number of ether oxygens (including phenoxy) is 2. The van der Waals surface area contributed by atoms with Crippen molar-refractivity contribution in [1.29, 1.82) is 0 Å². The third-order valence-electron chi connectivity index (χ3n) is 5.26. The van der Waals surface area contributed by atoms with Crippen LogP contribution in [-0.2, 0) is 9.53 Å². The molecule has 1 aromatic rings. The molecule has 0 saturated carbocycles. The fourth-order valence-electron chi connectivity index (χ4n) is 3.32. The second kappa shape index (κ2) is 10.8. The molecule has 154 valence electrons. The van der Waals surface area contributed by atoms with Crippen molar-refractivity contribution in [2.24, 2.45) is 4.99 Å². The number of esters is 1. The second-order valence-corrected chi connectivity index (χ2v) is 8.13. The van der Waals surface area contributed by atoms with Crippen molar-refractivity contribution < 1.29 is 14.3 Å². The zero-order valence-corrected chi connectivity index (χ0v) is 19.1. The molecule has 1 heterocycles. The summed E-state index contributed by atoms with van der Waals surface area (Å²) in [6.45, 7) is 10.8. The number of nitrogens with zero attached hydrogens (tertiary/aromatic N) is 2. The van der Waals surface area contributed by atoms with Gasteiger partial charge < -0.3 is 14.4 Å². The standard InChI is InChI=1S/C22H31BrN2O3/c1-15-8-6-11-25(15)12-7-13-28-21-10-9-19(14-20(21)23)18(4)24-17(3)16(2)22(26)27-5/h9-10,14-15H,6-8,11-13H2,1-5H3/b17-16+,24-18?. The van der Waals surface area contributed by atoms with E-state index in [0.717, 1.165) is 34.5 Å². The van der Waals surface area contributed by atoms with Gasteiger partial charge in [0.2, 0.25) is 0 Å². The summed E-state index contributed by atoms with van der Waals surface area (Å²) in [5.41, 5.74) is 2.96. The molecule has 1 aliphatic rings. The molecule has 5 nitrogen and oxygen atoms in total. The fraction of sp³-hybridized carbons (Fsp3) is 0.545. The molecule has 1 saturated heterocycles. The number of rotatable bonds is 8. The minimum atomic E-state index is -0.359. The number of carbonyl (C=O) groups excluding carboxylic acids is 1. The highest BCUT2D eigenvalue weighted by molar-refractivity contribution is 9.10. The van der Waals surface area contributed by atoms with E-state index in [4.69, 9.17) is 9.47 Å². The molecule has 0 spiro atoms. The van der Waals surface area contributed by atoms with Crippen LogP contribution in [0.25, 0.3) is 0 Å². The predicted octanol–water partition coefficient (Wildman–Crippen LogP) is 4.98. The first kappa shape index (κ1) is 22.6. The van der Waals surface area contributed by atoms with Gasteiger partial charge in [0.1, 0.15) is 5.75 Å². The highest BCUT2D eigenvalue weighted by Gasteiger charge is 2.19. The zero-order valence-electron chi connectivity index (χ0n) is 17.5. The molecule has 1 fully saturated rings. The summed E-state index contributed by atoms with van der Waals surface area (Å²) < 4.78 is 11.6. The van der Waals surface area contributed by atoms with Crippen molar-refractivity contribution in [1.82, 2.24) is 4.90 Å². The highest BCUT2D eigenvalue weighted by atomic mass is 79.9. The van der Waals surface area contributed by atoms with E-state index in [1.54, 1.807) is 6.92 Å². The Hall–Kier alpha value is -1.66. The van der Waals surface area contributed by atoms with Crippen LogP contribution in [0, 0.1) is 0 Å². The second-order valence-electron chi connectivity index (χ2n) is 7.27. The summed E-state index contributed by atoms with van der Waals surface area (Å²) in [5, 5.41) is 0. The van der Waals surface area contributed by atoms with Crippen molar-refractivity contribution >= 4 is 27.6 Å². The molecule has 28 heavy (non-hydrogen) atoms. The van der Waals surface area contributed by atoms with E-state index < -0.39 is 0 Å². The molecule has 1 atom stereocenters. The topological polar surface area (TPSA) is 51.1 Å². The molecule has 1 aliphatic heterocycles. The molecule has 0 aliphatic carbocycles. The number of carbonyl (C=O) groups is 1. The summed E-state index contributed by atoms with van der Waals surface area (Å²) >= 11 is 3.60. The van der Waals surface area contributed by atoms with Gasteiger partial charge in [0.15, 0.2) is 0 Å². The first-order chi connectivity index (χ1) is 13.3. The van der Waals surface area contributed by atoms with Gasteiger partial charge in [0.05, 0.1) is 23.8 Å². The summed E-state index contributed by atoms with van der Waals surface area (Å²) in [5.74, 6) is 0.478. The molecule has 0 N–H and O–H groups in total. The SMILES string of the molecule is COC(=O)/C(C)=C(\C)N=C(C)c1ccc(OCCCN2CCCC2C)c(Br)c1. The molecular weight excluding hydrogens is 420 g/mol. The number of methoxy groups -OCH3 is 1. The summed E-state index contributed by atoms with van der Waals surface area (Å²) in [4.78, 5) is 18.7. The minimum absolute atomic E-state index is 0.359. The lowest BCUT2D eigenvalue weighted by Crippen LogP contribution is -2.28. The van der Waals surface area contributed by atoms with Gasteiger partial charge in [-0.15, -0.1) is 0 Å². The van der Waals surface area contributed by atoms with Crippen molar-refractivity contribution in [3.8, 4) is 5.75 Å². The normalized spacial score (nSPS) is 18.8. The Morgan fingerprint density at radius 1 is 1.32 bits per heavy atom. The van der Waals surface area contributed by atoms with Crippen LogP contribution in [0.1, 0.15) is 52.5 Å². The van der Waals surface area contributed by atoms with Gasteiger partial charge in [-0.1, -0.05) is 0 Å². The molecule has 1 unspecified atom stereocenters. The Kier molecular flexibility index (Phi) is 8.70. The van der Waals surface area contributed by atoms with Crippen molar-refractivity contribution in [2.75, 3.05) is 26.8 Å². The Morgan fingerprint density at radius 3 is 2.68 bits per heavy atom. The summed E-state index contributed by atoms with van der Waals surface area (Å²) in [6.07, 6.45) is 3.64. The number of hydrogen-bond donors (Lipinski definition) is 0. The first-order valence-corrected chi connectivity index (χ1v) is 10.6. The van der Waals surface area contributed by atoms with Crippen LogP contribution in [0.3, 0.4) is 0 Å². The quantitative estimate of drug-likeness (QED) is 0.242. The first-order valence-electron chi connectivity index (χ1n) is 9.81. The van der Waals surface area contributed by atoms with E-state index in [-0.39, 0.29) is 5.97 Å². The third-order valence-corrected chi connectivity index (χ3v) is 5.88. The van der Waals surface area contributed by atoms with Crippen LogP contribution in [0.2, 0.25) is 0 Å². The lowest BCUT2D eigenvalue weighted by atomic mass is 10.1. The monoisotopic (exact) mass is 450 g/mol. The molecule has 0 radical (unpaired) electrons. The van der Waals surface area contributed by atoms with E-state index >= 15 is 0 Å². The number of aliphatic imine (C=N–C) groups is 1. The molecular formula is C22H31BrN2O3. The Morgan fingerprint density at radius 2 is 2.07 bits per heavy atom. The number of hydrogen-bond acceptors (Lipinski definition) is 5. The van der Waals surface area contributed by atoms with E-state index in [2.05, 4.69) is 32.7 Å². The van der Waals surface area contributed by atoms with E-state index in [9.17, 15) is 4.79 Å². The van der Waals surface area contributed by atoms with Gasteiger partial charge in [0.25, 0.3) is 0 Å². The maximum Gasteiger partial charge on any atom is 0.335 e. The maximum absolute atomic E-state index is 11.6. The highest BCUT2D eigenvalue weighted by Crippen LogP contribution is 2.27. The largest absolute Gasteiger partial charge is 0.492 e. The molecule has 0 amide bonds. The fourth-order valence-corrected chi connectivity index (χ4v) is 3.81.